The van der Waals surface area contributed by atoms with Gasteiger partial charge in [-0.15, -0.1) is 0 Å². The highest BCUT2D eigenvalue weighted by molar-refractivity contribution is 5.85. The maximum Gasteiger partial charge on any atom is 0.332 e. The van der Waals surface area contributed by atoms with E-state index in [4.69, 9.17) is 5.73 Å². The summed E-state index contributed by atoms with van der Waals surface area (Å²) in [5.74, 6) is 0.940. The molecule has 0 rings (SSSR count). The van der Waals surface area contributed by atoms with Crippen molar-refractivity contribution in [1.82, 2.24) is 5.43 Å². The molecule has 0 aliphatic rings. The van der Waals surface area contributed by atoms with Gasteiger partial charge in [0.05, 0.1) is 0 Å². The van der Waals surface area contributed by atoms with Crippen LogP contribution in [0, 0.1) is 11.8 Å². The molecule has 76 valence electrons. The van der Waals surface area contributed by atoms with Gasteiger partial charge in [0.1, 0.15) is 0 Å². The van der Waals surface area contributed by atoms with Gasteiger partial charge in [-0.3, -0.25) is 0 Å². The summed E-state index contributed by atoms with van der Waals surface area (Å²) in [7, 11) is 0. The number of hydrazone groups is 1. The third-order valence-electron chi connectivity index (χ3n) is 2.50. The van der Waals surface area contributed by atoms with E-state index in [1.54, 1.807) is 0 Å². The van der Waals surface area contributed by atoms with Crippen LogP contribution < -0.4 is 11.2 Å². The molecule has 0 aliphatic carbocycles. The monoisotopic (exact) mass is 185 g/mol. The Morgan fingerprint density at radius 1 is 1.54 bits per heavy atom. The number of primary amides is 1. The summed E-state index contributed by atoms with van der Waals surface area (Å²) in [5, 5.41) is 3.88. The van der Waals surface area contributed by atoms with E-state index >= 15 is 0 Å². The van der Waals surface area contributed by atoms with E-state index in [2.05, 4.69) is 31.3 Å². The summed E-state index contributed by atoms with van der Waals surface area (Å²) in [6, 6.07) is -0.615. The molecule has 0 unspecified atom stereocenters. The normalized spacial score (nSPS) is 16.5. The van der Waals surface area contributed by atoms with Crippen molar-refractivity contribution < 1.29 is 4.79 Å². The smallest absolute Gasteiger partial charge is 0.332 e. The number of hydrogen-bond donors (Lipinski definition) is 2. The Morgan fingerprint density at radius 2 is 2.08 bits per heavy atom. The highest BCUT2D eigenvalue weighted by Gasteiger charge is 2.13. The highest BCUT2D eigenvalue weighted by Crippen LogP contribution is 2.15. The van der Waals surface area contributed by atoms with E-state index in [0.29, 0.717) is 11.8 Å². The number of rotatable bonds is 4. The first-order valence-electron chi connectivity index (χ1n) is 4.58. The number of amides is 2. The number of nitrogens with one attached hydrogen (secondary N) is 1. The second-order valence-electron chi connectivity index (χ2n) is 3.40. The Balaban J connectivity index is 4.15. The Kier molecular flexibility index (Phi) is 5.11. The fourth-order valence-corrected chi connectivity index (χ4v) is 1.01. The zero-order valence-electron chi connectivity index (χ0n) is 8.79. The van der Waals surface area contributed by atoms with E-state index in [1.807, 2.05) is 6.92 Å². The van der Waals surface area contributed by atoms with Gasteiger partial charge >= 0.3 is 6.03 Å². The Morgan fingerprint density at radius 3 is 2.46 bits per heavy atom. The summed E-state index contributed by atoms with van der Waals surface area (Å²) in [6.07, 6.45) is 1.10. The van der Waals surface area contributed by atoms with E-state index in [1.165, 1.54) is 0 Å². The molecule has 0 bridgehead atoms. The Hall–Kier alpha value is -1.06. The topological polar surface area (TPSA) is 67.5 Å². The van der Waals surface area contributed by atoms with Crippen LogP contribution in [0.15, 0.2) is 5.10 Å². The SMILES string of the molecule is CC[C@H](C)[C@@H](C)/C(C)=N\NC(N)=O. The first-order chi connectivity index (χ1) is 5.99. The van der Waals surface area contributed by atoms with Crippen LogP contribution in [-0.4, -0.2) is 11.7 Å². The maximum atomic E-state index is 10.4. The van der Waals surface area contributed by atoms with Gasteiger partial charge in [0.25, 0.3) is 0 Å². The van der Waals surface area contributed by atoms with Crippen molar-refractivity contribution in [2.24, 2.45) is 22.7 Å². The number of nitrogens with zero attached hydrogens (tertiary/aromatic N) is 1. The number of carbonyl (C=O) groups is 1. The maximum absolute atomic E-state index is 10.4. The molecule has 0 aliphatic heterocycles. The zero-order valence-corrected chi connectivity index (χ0v) is 8.79. The van der Waals surface area contributed by atoms with Crippen LogP contribution in [0.5, 0.6) is 0 Å². The predicted molar refractivity (Wildman–Crippen MR) is 54.4 cm³/mol. The van der Waals surface area contributed by atoms with Crippen LogP contribution in [0.2, 0.25) is 0 Å². The molecular formula is C9H19N3O. The summed E-state index contributed by atoms with van der Waals surface area (Å²) >= 11 is 0. The second kappa shape index (κ2) is 5.56. The van der Waals surface area contributed by atoms with Crippen molar-refractivity contribution in [3.05, 3.63) is 0 Å². The number of nitrogens with two attached hydrogens (primary N) is 1. The molecule has 2 amide bonds. The van der Waals surface area contributed by atoms with Crippen LogP contribution in [0.1, 0.15) is 34.1 Å². The van der Waals surface area contributed by atoms with E-state index in [9.17, 15) is 4.79 Å². The lowest BCUT2D eigenvalue weighted by Gasteiger charge is -2.17. The first-order valence-corrected chi connectivity index (χ1v) is 4.58. The van der Waals surface area contributed by atoms with Crippen LogP contribution in [-0.2, 0) is 0 Å². The molecule has 3 N–H and O–H groups in total. The molecule has 0 fully saturated rings. The van der Waals surface area contributed by atoms with Crippen molar-refractivity contribution in [3.8, 4) is 0 Å². The summed E-state index contributed by atoms with van der Waals surface area (Å²) < 4.78 is 0. The van der Waals surface area contributed by atoms with Crippen molar-refractivity contribution in [1.29, 1.82) is 0 Å². The molecule has 4 heteroatoms. The molecule has 13 heavy (non-hydrogen) atoms. The van der Waals surface area contributed by atoms with Crippen LogP contribution in [0.3, 0.4) is 0 Å². The van der Waals surface area contributed by atoms with Gasteiger partial charge in [-0.1, -0.05) is 27.2 Å². The summed E-state index contributed by atoms with van der Waals surface area (Å²) in [5.41, 5.74) is 8.03. The number of hydrogen-bond acceptors (Lipinski definition) is 2. The lowest BCUT2D eigenvalue weighted by Crippen LogP contribution is -2.27. The van der Waals surface area contributed by atoms with Gasteiger partial charge in [0.15, 0.2) is 0 Å². The van der Waals surface area contributed by atoms with Gasteiger partial charge in [0.2, 0.25) is 0 Å². The molecule has 4 nitrogen and oxygen atoms in total. The van der Waals surface area contributed by atoms with Gasteiger partial charge in [-0.2, -0.15) is 5.10 Å². The summed E-state index contributed by atoms with van der Waals surface area (Å²) in [6.45, 7) is 8.28. The molecule has 0 spiro atoms. The molecule has 0 aromatic heterocycles. The Labute approximate surface area is 79.6 Å². The lowest BCUT2D eigenvalue weighted by atomic mass is 9.90. The van der Waals surface area contributed by atoms with Crippen molar-refractivity contribution >= 4 is 11.7 Å². The third-order valence-corrected chi connectivity index (χ3v) is 2.50. The van der Waals surface area contributed by atoms with Crippen molar-refractivity contribution in [2.45, 2.75) is 34.1 Å². The first kappa shape index (κ1) is 11.9. The number of carbonyl (C=O) groups excluding carboxylic acids is 1. The van der Waals surface area contributed by atoms with Gasteiger partial charge in [0, 0.05) is 5.71 Å². The van der Waals surface area contributed by atoms with Gasteiger partial charge in [-0.25, -0.2) is 10.2 Å². The quantitative estimate of drug-likeness (QED) is 0.508. The van der Waals surface area contributed by atoms with E-state index in [0.717, 1.165) is 12.1 Å². The lowest BCUT2D eigenvalue weighted by molar-refractivity contribution is 0.249. The van der Waals surface area contributed by atoms with E-state index < -0.39 is 6.03 Å². The molecule has 0 heterocycles. The minimum absolute atomic E-state index is 0.372. The van der Waals surface area contributed by atoms with E-state index in [-0.39, 0.29) is 0 Å². The average Bonchev–Trinajstić information content (AvgIpc) is 2.11. The van der Waals surface area contributed by atoms with Crippen LogP contribution in [0.4, 0.5) is 4.79 Å². The van der Waals surface area contributed by atoms with Crippen molar-refractivity contribution in [2.75, 3.05) is 0 Å². The summed E-state index contributed by atoms with van der Waals surface area (Å²) in [4.78, 5) is 10.4. The highest BCUT2D eigenvalue weighted by atomic mass is 16.2. The van der Waals surface area contributed by atoms with Gasteiger partial charge < -0.3 is 5.73 Å². The molecule has 2 atom stereocenters. The predicted octanol–water partition coefficient (Wildman–Crippen LogP) is 1.71. The zero-order chi connectivity index (χ0) is 10.4. The molecular weight excluding hydrogens is 166 g/mol. The Bertz CT molecular complexity index is 201. The second-order valence-corrected chi connectivity index (χ2v) is 3.40. The fraction of sp³-hybridized carbons (Fsp3) is 0.778. The largest absolute Gasteiger partial charge is 0.350 e. The van der Waals surface area contributed by atoms with Crippen LogP contribution >= 0.6 is 0 Å². The fourth-order valence-electron chi connectivity index (χ4n) is 1.01. The van der Waals surface area contributed by atoms with Crippen LogP contribution in [0.25, 0.3) is 0 Å². The third kappa shape index (κ3) is 4.50. The average molecular weight is 185 g/mol. The van der Waals surface area contributed by atoms with Gasteiger partial charge in [-0.05, 0) is 18.8 Å². The molecule has 0 aromatic carbocycles. The number of urea groups is 1. The molecule has 0 aromatic rings. The minimum Gasteiger partial charge on any atom is -0.350 e. The molecule has 0 saturated carbocycles. The molecule has 0 radical (unpaired) electrons. The minimum atomic E-state index is -0.615. The standard InChI is InChI=1S/C9H19N3O/c1-5-6(2)7(3)8(4)11-12-9(10)13/h6-7H,5H2,1-4H3,(H3,10,12,13)/b11-8-/t6-,7+/m0/s1. The van der Waals surface area contributed by atoms with Crippen molar-refractivity contribution in [3.63, 3.8) is 0 Å². The molecule has 0 saturated heterocycles.